The van der Waals surface area contributed by atoms with Gasteiger partial charge in [-0.1, -0.05) is 66.2 Å². The van der Waals surface area contributed by atoms with E-state index in [4.69, 9.17) is 4.74 Å². The molecule has 1 N–H and O–H groups in total. The monoisotopic (exact) mass is 592 g/mol. The topological polar surface area (TPSA) is 87.2 Å². The molecule has 1 aromatic rings. The lowest BCUT2D eigenvalue weighted by Gasteiger charge is -2.40. The van der Waals surface area contributed by atoms with E-state index in [0.717, 1.165) is 5.56 Å². The van der Waals surface area contributed by atoms with Gasteiger partial charge in [0.25, 0.3) is 0 Å². The van der Waals surface area contributed by atoms with E-state index in [0.29, 0.717) is 25.9 Å². The van der Waals surface area contributed by atoms with E-state index in [1.807, 2.05) is 44.2 Å². The van der Waals surface area contributed by atoms with Crippen LogP contribution in [0.15, 0.2) is 43.0 Å². The lowest BCUT2D eigenvalue weighted by Crippen LogP contribution is -2.57. The van der Waals surface area contributed by atoms with Crippen LogP contribution in [0.2, 0.25) is 0 Å². The summed E-state index contributed by atoms with van der Waals surface area (Å²) in [4.78, 5) is 45.2. The molecule has 1 aromatic carbocycles. The fraction of sp³-hybridized carbons (Fsp3) is 0.607. The first kappa shape index (κ1) is 28.2. The van der Waals surface area contributed by atoms with E-state index in [9.17, 15) is 19.5 Å². The largest absolute Gasteiger partial charge is 0.466 e. The molecule has 3 heterocycles. The fourth-order valence-electron chi connectivity index (χ4n) is 6.43. The van der Waals surface area contributed by atoms with Gasteiger partial charge in [0.2, 0.25) is 11.8 Å². The molecule has 0 aliphatic carbocycles. The molecule has 0 radical (unpaired) electrons. The van der Waals surface area contributed by atoms with Gasteiger partial charge in [0.1, 0.15) is 6.04 Å². The quantitative estimate of drug-likeness (QED) is 0.240. The smallest absolute Gasteiger partial charge is 0.310 e. The van der Waals surface area contributed by atoms with Crippen molar-refractivity contribution in [1.29, 1.82) is 0 Å². The molecule has 3 aliphatic rings. The number of esters is 1. The highest BCUT2D eigenvalue weighted by atomic mass is 79.9. The Morgan fingerprint density at radius 3 is 2.65 bits per heavy atom. The van der Waals surface area contributed by atoms with Crippen molar-refractivity contribution in [3.63, 3.8) is 0 Å². The number of carbonyl (C=O) groups is 3. The van der Waals surface area contributed by atoms with Gasteiger partial charge in [0.15, 0.2) is 0 Å². The number of hydrogen-bond donors (Lipinski definition) is 1. The summed E-state index contributed by atoms with van der Waals surface area (Å²) in [6.45, 7) is 10.4. The molecule has 3 saturated heterocycles. The molecule has 7 nitrogen and oxygen atoms in total. The van der Waals surface area contributed by atoms with Crippen molar-refractivity contribution in [1.82, 2.24) is 9.80 Å². The summed E-state index contributed by atoms with van der Waals surface area (Å²) in [5.74, 6) is -1.85. The average molecular weight is 594 g/mol. The van der Waals surface area contributed by atoms with Crippen LogP contribution in [0.1, 0.15) is 39.2 Å². The minimum absolute atomic E-state index is 0.0224. The number of benzene rings is 1. The van der Waals surface area contributed by atoms with Crippen molar-refractivity contribution >= 4 is 45.5 Å². The van der Waals surface area contributed by atoms with Gasteiger partial charge >= 0.3 is 5.97 Å². The zero-order chi connectivity index (χ0) is 26.9. The number of aliphatic hydroxyl groups is 1. The van der Waals surface area contributed by atoms with Gasteiger partial charge in [0.05, 0.1) is 35.8 Å². The van der Waals surface area contributed by atoms with Crippen LogP contribution in [0.4, 0.5) is 0 Å². The number of thioether (sulfide) groups is 1. The first-order chi connectivity index (χ1) is 17.7. The summed E-state index contributed by atoms with van der Waals surface area (Å²) in [5.41, 5.74) is 0.981. The number of rotatable bonds is 11. The van der Waals surface area contributed by atoms with Gasteiger partial charge in [-0.15, -0.1) is 18.3 Å². The number of aliphatic hydroxyl groups excluding tert-OH is 1. The molecule has 2 bridgehead atoms. The van der Waals surface area contributed by atoms with Crippen LogP contribution in [-0.4, -0.2) is 79.4 Å². The van der Waals surface area contributed by atoms with E-state index in [1.165, 1.54) is 0 Å². The van der Waals surface area contributed by atoms with Crippen molar-refractivity contribution in [2.45, 2.75) is 67.1 Å². The molecule has 3 fully saturated rings. The number of likely N-dealkylation sites (tertiary alicyclic amines) is 1. The van der Waals surface area contributed by atoms with Crippen LogP contribution in [-0.2, 0) is 25.7 Å². The van der Waals surface area contributed by atoms with Crippen LogP contribution in [0.3, 0.4) is 0 Å². The predicted molar refractivity (Wildman–Crippen MR) is 148 cm³/mol. The molecule has 9 heteroatoms. The average Bonchev–Trinajstić information content (AvgIpc) is 3.46. The van der Waals surface area contributed by atoms with Crippen LogP contribution < -0.4 is 0 Å². The van der Waals surface area contributed by atoms with Gasteiger partial charge in [-0.2, -0.15) is 0 Å². The number of ether oxygens (including phenoxy) is 1. The molecule has 3 unspecified atom stereocenters. The Morgan fingerprint density at radius 2 is 2.05 bits per heavy atom. The summed E-state index contributed by atoms with van der Waals surface area (Å²) < 4.78 is 4.65. The van der Waals surface area contributed by atoms with Crippen molar-refractivity contribution in [3.8, 4) is 0 Å². The van der Waals surface area contributed by atoms with Crippen LogP contribution in [0.25, 0.3) is 0 Å². The lowest BCUT2D eigenvalue weighted by atomic mass is 9.71. The molecule has 4 rings (SSSR count). The second-order valence-electron chi connectivity index (χ2n) is 10.6. The van der Waals surface area contributed by atoms with Crippen LogP contribution >= 0.6 is 27.7 Å². The Labute approximate surface area is 232 Å². The zero-order valence-corrected chi connectivity index (χ0v) is 24.1. The van der Waals surface area contributed by atoms with E-state index in [1.54, 1.807) is 34.6 Å². The Balaban J connectivity index is 1.79. The molecular weight excluding hydrogens is 556 g/mol. The van der Waals surface area contributed by atoms with Gasteiger partial charge in [-0.05, 0) is 31.2 Å². The number of amides is 2. The van der Waals surface area contributed by atoms with Gasteiger partial charge < -0.3 is 19.6 Å². The third-order valence-corrected chi connectivity index (χ3v) is 11.0. The van der Waals surface area contributed by atoms with E-state index < -0.39 is 28.7 Å². The molecule has 202 valence electrons. The third kappa shape index (κ3) is 4.99. The highest BCUT2D eigenvalue weighted by Gasteiger charge is 2.76. The van der Waals surface area contributed by atoms with Gasteiger partial charge in [-0.25, -0.2) is 0 Å². The Morgan fingerprint density at radius 1 is 1.35 bits per heavy atom. The number of alkyl halides is 1. The van der Waals surface area contributed by atoms with Crippen LogP contribution in [0, 0.1) is 17.8 Å². The van der Waals surface area contributed by atoms with Crippen molar-refractivity contribution in [2.24, 2.45) is 17.8 Å². The fourth-order valence-corrected chi connectivity index (χ4v) is 10.0. The summed E-state index contributed by atoms with van der Waals surface area (Å²) >= 11 is 5.36. The maximum absolute atomic E-state index is 14.5. The molecule has 1 spiro atoms. The SMILES string of the molecule is C=CCN(Cc1ccccc1)C(=O)C1N([C@@H](CO)CC(C)C)C(=O)[C@@H]2[C@@H](C(=O)OCC)[C@@H]3SC12CC3Br. The summed E-state index contributed by atoms with van der Waals surface area (Å²) in [6, 6.07) is 8.44. The van der Waals surface area contributed by atoms with E-state index in [2.05, 4.69) is 22.5 Å². The van der Waals surface area contributed by atoms with Gasteiger partial charge in [-0.3, -0.25) is 14.4 Å². The molecule has 37 heavy (non-hydrogen) atoms. The Kier molecular flexibility index (Phi) is 8.75. The predicted octanol–water partition coefficient (Wildman–Crippen LogP) is 3.64. The van der Waals surface area contributed by atoms with Crippen molar-refractivity contribution in [2.75, 3.05) is 19.8 Å². The van der Waals surface area contributed by atoms with Gasteiger partial charge in [0, 0.05) is 23.2 Å². The molecule has 2 amide bonds. The standard InChI is InChI=1S/C28H37BrN2O5S/c1-5-12-30(15-18-10-8-7-9-11-18)26(34)24-28-14-20(29)23(37-28)21(27(35)36-6-2)22(28)25(33)31(24)19(16-32)13-17(3)4/h5,7-11,17,19-24,32H,1,6,12-16H2,2-4H3/t19-,20?,21-,22+,23-,24?,28?/m1/s1. The molecular formula is C28H37BrN2O5S. The third-order valence-electron chi connectivity index (χ3n) is 7.74. The maximum atomic E-state index is 14.5. The summed E-state index contributed by atoms with van der Waals surface area (Å²) in [7, 11) is 0. The Hall–Kier alpha value is -1.84. The number of nitrogens with zero attached hydrogens (tertiary/aromatic N) is 2. The molecule has 7 atom stereocenters. The second kappa shape index (κ2) is 11.5. The Bertz CT molecular complexity index is 1020. The normalized spacial score (nSPS) is 30.9. The van der Waals surface area contributed by atoms with Crippen molar-refractivity contribution in [3.05, 3.63) is 48.6 Å². The minimum atomic E-state index is -0.793. The highest BCUT2D eigenvalue weighted by Crippen LogP contribution is 2.68. The molecule has 0 saturated carbocycles. The highest BCUT2D eigenvalue weighted by molar-refractivity contribution is 9.09. The summed E-state index contributed by atoms with van der Waals surface area (Å²) in [5, 5.41) is 10.3. The zero-order valence-electron chi connectivity index (χ0n) is 21.7. The molecule has 3 aliphatic heterocycles. The maximum Gasteiger partial charge on any atom is 0.310 e. The second-order valence-corrected chi connectivity index (χ2v) is 13.3. The van der Waals surface area contributed by atoms with E-state index >= 15 is 0 Å². The number of carbonyl (C=O) groups excluding carboxylic acids is 3. The number of hydrogen-bond acceptors (Lipinski definition) is 6. The summed E-state index contributed by atoms with van der Waals surface area (Å²) in [6.07, 6.45) is 2.85. The van der Waals surface area contributed by atoms with E-state index in [-0.39, 0.29) is 47.0 Å². The molecule has 0 aromatic heterocycles. The first-order valence-corrected chi connectivity index (χ1v) is 14.8. The lowest BCUT2D eigenvalue weighted by molar-refractivity contribution is -0.154. The number of halogens is 1. The minimum Gasteiger partial charge on any atom is -0.466 e. The van der Waals surface area contributed by atoms with Crippen molar-refractivity contribution < 1.29 is 24.2 Å². The number of fused-ring (bicyclic) bond motifs is 1. The first-order valence-electron chi connectivity index (χ1n) is 13.0. The van der Waals surface area contributed by atoms with Crippen LogP contribution in [0.5, 0.6) is 0 Å².